The molecule has 4 N–H and O–H groups in total. The molecule has 2 rings (SSSR count). The van der Waals surface area contributed by atoms with E-state index in [4.69, 9.17) is 11.5 Å². The molecule has 22 heavy (non-hydrogen) atoms. The van der Waals surface area contributed by atoms with Gasteiger partial charge in [0.25, 0.3) is 0 Å². The standard InChI is InChI=1S/2C8H10N.2ClH.2Pd/c2*1-7(9)8-5-3-2-4-6-8;;;;/h2*2-5,7H,9H2,1H3;2*1H;;/q2*-1;;;2*+2/p-2/t2*7-;;;;/m11..../s1. The molecule has 2 nitrogen and oxygen atoms in total. The molecule has 0 spiro atoms. The van der Waals surface area contributed by atoms with Gasteiger partial charge in [0.1, 0.15) is 0 Å². The molecule has 0 saturated heterocycles. The van der Waals surface area contributed by atoms with Crippen molar-refractivity contribution in [3.63, 3.8) is 0 Å². The van der Waals surface area contributed by atoms with E-state index in [0.29, 0.717) is 0 Å². The minimum absolute atomic E-state index is 0.103. The molecule has 0 aliphatic heterocycles. The van der Waals surface area contributed by atoms with Gasteiger partial charge in [-0.25, -0.2) is 0 Å². The summed E-state index contributed by atoms with van der Waals surface area (Å²) in [5.41, 5.74) is 13.3. The summed E-state index contributed by atoms with van der Waals surface area (Å²) < 4.78 is 0. The number of halogens is 2. The van der Waals surface area contributed by atoms with Crippen molar-refractivity contribution in [2.24, 2.45) is 11.5 Å². The Labute approximate surface area is 163 Å². The first-order valence-corrected chi connectivity index (χ1v) is 10.3. The molecular formula is C16H20Cl2N2Pd2. The maximum atomic E-state index is 5.58. The maximum absolute atomic E-state index is 5.58. The molecule has 0 aliphatic rings. The first kappa shape index (κ1) is 24.5. The second-order valence-electron chi connectivity index (χ2n) is 4.21. The van der Waals surface area contributed by atoms with Gasteiger partial charge in [0, 0.05) is 12.1 Å². The van der Waals surface area contributed by atoms with E-state index >= 15 is 0 Å². The Balaban J connectivity index is 0. The van der Waals surface area contributed by atoms with Gasteiger partial charge in [0.05, 0.1) is 0 Å². The third kappa shape index (κ3) is 12.8. The summed E-state index contributed by atoms with van der Waals surface area (Å²) in [6.07, 6.45) is 0. The van der Waals surface area contributed by atoms with Crippen LogP contribution in [-0.2, 0) is 36.4 Å². The topological polar surface area (TPSA) is 52.0 Å². The molecule has 6 heteroatoms. The number of hydrogen-bond acceptors (Lipinski definition) is 2. The van der Waals surface area contributed by atoms with Gasteiger partial charge < -0.3 is 11.5 Å². The predicted molar refractivity (Wildman–Crippen MR) is 87.5 cm³/mol. The SMILES string of the molecule is C[C@@H](N)c1[c-]cccc1.C[C@@H](N)c1[c-]cccc1.[Cl][Pd+].[Cl][Pd+]. The van der Waals surface area contributed by atoms with Crippen LogP contribution >= 0.6 is 19.1 Å². The number of nitrogens with two attached hydrogens (primary N) is 2. The van der Waals surface area contributed by atoms with Gasteiger partial charge in [0.2, 0.25) is 0 Å². The van der Waals surface area contributed by atoms with Crippen molar-refractivity contribution in [1.29, 1.82) is 0 Å². The molecule has 0 amide bonds. The molecule has 0 heterocycles. The zero-order valence-electron chi connectivity index (χ0n) is 12.3. The molecule has 128 valence electrons. The van der Waals surface area contributed by atoms with Crippen LogP contribution in [0.1, 0.15) is 37.1 Å². The fourth-order valence-electron chi connectivity index (χ4n) is 1.38. The summed E-state index contributed by atoms with van der Waals surface area (Å²) in [4.78, 5) is 0. The molecule has 2 atom stereocenters. The molecule has 0 aliphatic carbocycles. The van der Waals surface area contributed by atoms with E-state index < -0.39 is 0 Å². The van der Waals surface area contributed by atoms with Crippen molar-refractivity contribution in [3.8, 4) is 0 Å². The van der Waals surface area contributed by atoms with E-state index in [1.54, 1.807) is 0 Å². The number of rotatable bonds is 2. The molecule has 0 aromatic heterocycles. The van der Waals surface area contributed by atoms with Crippen LogP contribution in [0.3, 0.4) is 0 Å². The molecule has 0 fully saturated rings. The second-order valence-corrected chi connectivity index (χ2v) is 4.21. The summed E-state index contributed by atoms with van der Waals surface area (Å²) in [7, 11) is 8.98. The van der Waals surface area contributed by atoms with Gasteiger partial charge in [0.15, 0.2) is 0 Å². The van der Waals surface area contributed by atoms with E-state index in [9.17, 15) is 0 Å². The Morgan fingerprint density at radius 1 is 0.773 bits per heavy atom. The average molecular weight is 524 g/mol. The zero-order chi connectivity index (χ0) is 17.4. The van der Waals surface area contributed by atoms with Crippen molar-refractivity contribution in [3.05, 3.63) is 71.8 Å². The summed E-state index contributed by atoms with van der Waals surface area (Å²) in [5.74, 6) is 0. The van der Waals surface area contributed by atoms with Crippen LogP contribution in [0.5, 0.6) is 0 Å². The first-order chi connectivity index (χ1) is 10.6. The van der Waals surface area contributed by atoms with Crippen LogP contribution in [0, 0.1) is 12.1 Å². The third-order valence-electron chi connectivity index (χ3n) is 2.45. The normalized spacial score (nSPS) is 11.4. The van der Waals surface area contributed by atoms with Gasteiger partial charge in [-0.2, -0.15) is 60.7 Å². The summed E-state index contributed by atoms with van der Waals surface area (Å²) >= 11 is 4.44. The van der Waals surface area contributed by atoms with Crippen LogP contribution < -0.4 is 11.5 Å². The van der Waals surface area contributed by atoms with Gasteiger partial charge in [-0.15, -0.1) is 11.1 Å². The van der Waals surface area contributed by atoms with Crippen molar-refractivity contribution in [1.82, 2.24) is 0 Å². The quantitative estimate of drug-likeness (QED) is 0.453. The summed E-state index contributed by atoms with van der Waals surface area (Å²) in [5, 5.41) is 0. The molecule has 0 unspecified atom stereocenters. The fourth-order valence-corrected chi connectivity index (χ4v) is 1.38. The van der Waals surface area contributed by atoms with Crippen molar-refractivity contribution >= 4 is 19.1 Å². The Kier molecular flexibility index (Phi) is 19.6. The van der Waals surface area contributed by atoms with E-state index in [-0.39, 0.29) is 12.1 Å². The molecule has 0 saturated carbocycles. The van der Waals surface area contributed by atoms with Crippen molar-refractivity contribution < 1.29 is 36.4 Å². The Morgan fingerprint density at radius 2 is 1.09 bits per heavy atom. The van der Waals surface area contributed by atoms with E-state index in [2.05, 4.69) is 67.6 Å². The van der Waals surface area contributed by atoms with Crippen LogP contribution in [0.15, 0.2) is 48.5 Å². The predicted octanol–water partition coefficient (Wildman–Crippen LogP) is 4.39. The fraction of sp³-hybridized carbons (Fsp3) is 0.250. The summed E-state index contributed by atoms with van der Waals surface area (Å²) in [6, 6.07) is 21.8. The van der Waals surface area contributed by atoms with Crippen LogP contribution in [0.2, 0.25) is 0 Å². The second kappa shape index (κ2) is 17.6. The number of hydrogen-bond donors (Lipinski definition) is 2. The van der Waals surface area contributed by atoms with Crippen molar-refractivity contribution in [2.45, 2.75) is 25.9 Å². The Hall–Kier alpha value is 0.265. The monoisotopic (exact) mass is 522 g/mol. The summed E-state index contributed by atoms with van der Waals surface area (Å²) in [6.45, 7) is 3.90. The van der Waals surface area contributed by atoms with E-state index in [0.717, 1.165) is 11.1 Å². The Bertz CT molecular complexity index is 397. The van der Waals surface area contributed by atoms with Gasteiger partial charge in [-0.05, 0) is 13.8 Å². The Morgan fingerprint density at radius 3 is 1.23 bits per heavy atom. The van der Waals surface area contributed by atoms with Gasteiger partial charge in [-0.3, -0.25) is 0 Å². The molecule has 2 aromatic rings. The third-order valence-corrected chi connectivity index (χ3v) is 2.45. The van der Waals surface area contributed by atoms with Gasteiger partial charge >= 0.3 is 55.4 Å². The number of benzene rings is 2. The average Bonchev–Trinajstić information content (AvgIpc) is 2.60. The van der Waals surface area contributed by atoms with Crippen LogP contribution in [-0.4, -0.2) is 0 Å². The molecule has 0 bridgehead atoms. The van der Waals surface area contributed by atoms with Gasteiger partial charge in [-0.1, -0.05) is 0 Å². The molecule has 0 radical (unpaired) electrons. The molecule has 2 aromatic carbocycles. The van der Waals surface area contributed by atoms with Crippen LogP contribution in [0.4, 0.5) is 0 Å². The minimum atomic E-state index is 0.103. The van der Waals surface area contributed by atoms with E-state index in [1.165, 1.54) is 0 Å². The van der Waals surface area contributed by atoms with Crippen LogP contribution in [0.25, 0.3) is 0 Å². The van der Waals surface area contributed by atoms with Crippen molar-refractivity contribution in [2.75, 3.05) is 0 Å². The van der Waals surface area contributed by atoms with E-state index in [1.807, 2.05) is 62.4 Å². The molecular weight excluding hydrogens is 504 g/mol. The first-order valence-electron chi connectivity index (χ1n) is 6.29. The zero-order valence-corrected chi connectivity index (χ0v) is 16.9.